The van der Waals surface area contributed by atoms with Crippen LogP contribution in [0.2, 0.25) is 0 Å². The smallest absolute Gasteiger partial charge is 0.360 e. The van der Waals surface area contributed by atoms with Crippen molar-refractivity contribution in [1.82, 2.24) is 14.9 Å². The van der Waals surface area contributed by atoms with Crippen LogP contribution in [0.5, 0.6) is 0 Å². The largest absolute Gasteiger partial charge is 0.416 e. The van der Waals surface area contributed by atoms with E-state index in [0.29, 0.717) is 28.1 Å². The minimum atomic E-state index is -4.43. The van der Waals surface area contributed by atoms with E-state index in [1.165, 1.54) is 12.1 Å². The summed E-state index contributed by atoms with van der Waals surface area (Å²) in [6.45, 7) is 6.39. The molecule has 1 N–H and O–H groups in total. The number of rotatable bonds is 7. The van der Waals surface area contributed by atoms with E-state index in [9.17, 15) is 18.0 Å². The number of likely N-dealkylation sites (N-methyl/N-ethyl adjacent to an activating group) is 1. The number of anilines is 1. The van der Waals surface area contributed by atoms with Gasteiger partial charge in [-0.05, 0) is 48.8 Å². The molecular formula is C24H24BrF3N4O. The molecule has 0 saturated carbocycles. The molecule has 0 aliphatic carbocycles. The van der Waals surface area contributed by atoms with Crippen LogP contribution in [0.25, 0.3) is 22.6 Å². The normalized spacial score (nSPS) is 11.5. The Kier molecular flexibility index (Phi) is 7.73. The minimum absolute atomic E-state index is 0.0162. The van der Waals surface area contributed by atoms with E-state index in [0.717, 1.165) is 17.7 Å². The first kappa shape index (κ1) is 24.7. The van der Waals surface area contributed by atoms with Crippen LogP contribution >= 0.6 is 15.9 Å². The van der Waals surface area contributed by atoms with Crippen LogP contribution in [0.1, 0.15) is 26.3 Å². The van der Waals surface area contributed by atoms with Crippen molar-refractivity contribution >= 4 is 27.7 Å². The van der Waals surface area contributed by atoms with Crippen LogP contribution in [-0.2, 0) is 11.0 Å². The predicted octanol–water partition coefficient (Wildman–Crippen LogP) is 6.26. The summed E-state index contributed by atoms with van der Waals surface area (Å²) in [5.41, 5.74) is 1.04. The van der Waals surface area contributed by atoms with E-state index < -0.39 is 11.7 Å². The van der Waals surface area contributed by atoms with Gasteiger partial charge in [0, 0.05) is 23.7 Å². The summed E-state index contributed by atoms with van der Waals surface area (Å²) < 4.78 is 39.5. The van der Waals surface area contributed by atoms with Crippen LogP contribution in [0, 0.1) is 0 Å². The molecule has 3 aromatic rings. The van der Waals surface area contributed by atoms with Crippen molar-refractivity contribution in [3.63, 3.8) is 0 Å². The van der Waals surface area contributed by atoms with Crippen molar-refractivity contribution in [2.45, 2.75) is 33.0 Å². The van der Waals surface area contributed by atoms with Crippen molar-refractivity contribution < 1.29 is 18.0 Å². The van der Waals surface area contributed by atoms with Gasteiger partial charge in [-0.15, -0.1) is 0 Å². The number of carbonyl (C=O) groups is 1. The quantitative estimate of drug-likeness (QED) is 0.399. The highest BCUT2D eigenvalue weighted by Crippen LogP contribution is 2.35. The van der Waals surface area contributed by atoms with Gasteiger partial charge in [-0.25, -0.2) is 9.97 Å². The molecule has 9 heteroatoms. The molecule has 33 heavy (non-hydrogen) atoms. The molecular weight excluding hydrogens is 497 g/mol. The van der Waals surface area contributed by atoms with Gasteiger partial charge in [0.15, 0.2) is 5.82 Å². The molecule has 1 heterocycles. The Balaban J connectivity index is 2.01. The summed E-state index contributed by atoms with van der Waals surface area (Å²) in [5, 5.41) is 3.07. The third kappa shape index (κ3) is 5.90. The van der Waals surface area contributed by atoms with E-state index in [-0.39, 0.29) is 24.3 Å². The molecule has 0 atom stereocenters. The van der Waals surface area contributed by atoms with Gasteiger partial charge >= 0.3 is 6.18 Å². The summed E-state index contributed by atoms with van der Waals surface area (Å²) in [7, 11) is 0. The van der Waals surface area contributed by atoms with Gasteiger partial charge in [0.05, 0.1) is 22.3 Å². The highest BCUT2D eigenvalue weighted by Gasteiger charge is 2.30. The second-order valence-electron chi connectivity index (χ2n) is 7.63. The average molecular weight is 521 g/mol. The zero-order chi connectivity index (χ0) is 24.2. The van der Waals surface area contributed by atoms with E-state index >= 15 is 0 Å². The molecule has 0 unspecified atom stereocenters. The summed E-state index contributed by atoms with van der Waals surface area (Å²) in [4.78, 5) is 23.5. The second-order valence-corrected chi connectivity index (χ2v) is 8.42. The second kappa shape index (κ2) is 10.3. The molecule has 3 rings (SSSR count). The highest BCUT2D eigenvalue weighted by molar-refractivity contribution is 9.10. The first-order chi connectivity index (χ1) is 15.6. The number of amides is 1. The molecule has 5 nitrogen and oxygen atoms in total. The van der Waals surface area contributed by atoms with Crippen molar-refractivity contribution in [2.24, 2.45) is 0 Å². The topological polar surface area (TPSA) is 58.1 Å². The molecule has 0 spiro atoms. The third-order valence-electron chi connectivity index (χ3n) is 5.06. The molecule has 0 saturated heterocycles. The molecule has 1 amide bonds. The minimum Gasteiger partial charge on any atom is -0.360 e. The van der Waals surface area contributed by atoms with Gasteiger partial charge in [0.25, 0.3) is 0 Å². The lowest BCUT2D eigenvalue weighted by molar-refractivity contribution is -0.137. The lowest BCUT2D eigenvalue weighted by atomic mass is 10.1. The lowest BCUT2D eigenvalue weighted by Gasteiger charge is -2.25. The summed E-state index contributed by atoms with van der Waals surface area (Å²) in [6, 6.07) is 14.1. The van der Waals surface area contributed by atoms with Crippen LogP contribution < -0.4 is 5.32 Å². The van der Waals surface area contributed by atoms with Crippen molar-refractivity contribution in [3.8, 4) is 22.6 Å². The van der Waals surface area contributed by atoms with Crippen LogP contribution in [0.3, 0.4) is 0 Å². The maximum Gasteiger partial charge on any atom is 0.416 e. The van der Waals surface area contributed by atoms with Crippen LogP contribution in [0.15, 0.2) is 59.1 Å². The van der Waals surface area contributed by atoms with Gasteiger partial charge in [-0.2, -0.15) is 13.2 Å². The molecule has 0 fully saturated rings. The van der Waals surface area contributed by atoms with Crippen LogP contribution in [-0.4, -0.2) is 39.9 Å². The maximum absolute atomic E-state index is 13.0. The number of halogens is 4. The number of nitrogens with zero attached hydrogens (tertiary/aromatic N) is 3. The summed E-state index contributed by atoms with van der Waals surface area (Å²) in [6.07, 6.45) is -4.43. The number of aromatic nitrogens is 2. The van der Waals surface area contributed by atoms with Gasteiger partial charge < -0.3 is 10.2 Å². The molecule has 2 aromatic carbocycles. The number of hydrogen-bond donors (Lipinski definition) is 1. The monoisotopic (exact) mass is 520 g/mol. The third-order valence-corrected chi connectivity index (χ3v) is 5.81. The number of benzene rings is 2. The Morgan fingerprint density at radius 2 is 1.67 bits per heavy atom. The highest BCUT2D eigenvalue weighted by atomic mass is 79.9. The van der Waals surface area contributed by atoms with E-state index in [1.807, 2.05) is 51.1 Å². The Hall–Kier alpha value is -2.94. The van der Waals surface area contributed by atoms with Crippen molar-refractivity contribution in [3.05, 3.63) is 64.6 Å². The summed E-state index contributed by atoms with van der Waals surface area (Å²) >= 11 is 3.53. The van der Waals surface area contributed by atoms with Gasteiger partial charge in [0.1, 0.15) is 5.82 Å². The summed E-state index contributed by atoms with van der Waals surface area (Å²) in [5.74, 6) is 0.541. The fraction of sp³-hybridized carbons (Fsp3) is 0.292. The Bertz CT molecular complexity index is 1100. The molecule has 0 aliphatic rings. The standard InChI is InChI=1S/C24H24BrF3N4O/c1-4-32(15(2)3)19(33)14-29-23-20(25)21(16-8-6-5-7-9-16)30-22(31-23)17-10-12-18(13-11-17)24(26,27)28/h5-13,15H,4,14H2,1-3H3,(H,29,30,31). The van der Waals surface area contributed by atoms with Crippen molar-refractivity contribution in [2.75, 3.05) is 18.4 Å². The van der Waals surface area contributed by atoms with E-state index in [4.69, 9.17) is 0 Å². The Labute approximate surface area is 199 Å². The molecule has 0 aliphatic heterocycles. The SMILES string of the molecule is CCN(C(=O)CNc1nc(-c2ccc(C(F)(F)F)cc2)nc(-c2ccccc2)c1Br)C(C)C. The van der Waals surface area contributed by atoms with Gasteiger partial charge in [-0.1, -0.05) is 42.5 Å². The Morgan fingerprint density at radius 3 is 2.21 bits per heavy atom. The molecule has 174 valence electrons. The number of alkyl halides is 3. The molecule has 0 bridgehead atoms. The maximum atomic E-state index is 13.0. The van der Waals surface area contributed by atoms with Gasteiger partial charge in [-0.3, -0.25) is 4.79 Å². The van der Waals surface area contributed by atoms with E-state index in [2.05, 4.69) is 31.2 Å². The first-order valence-electron chi connectivity index (χ1n) is 10.5. The average Bonchev–Trinajstić information content (AvgIpc) is 2.78. The zero-order valence-electron chi connectivity index (χ0n) is 18.4. The number of carbonyl (C=O) groups excluding carboxylic acids is 1. The Morgan fingerprint density at radius 1 is 1.03 bits per heavy atom. The van der Waals surface area contributed by atoms with Gasteiger partial charge in [0.2, 0.25) is 5.91 Å². The van der Waals surface area contributed by atoms with Crippen molar-refractivity contribution in [1.29, 1.82) is 0 Å². The fourth-order valence-corrected chi connectivity index (χ4v) is 3.93. The molecule has 1 aromatic heterocycles. The fourth-order valence-electron chi connectivity index (χ4n) is 3.38. The molecule has 0 radical (unpaired) electrons. The zero-order valence-corrected chi connectivity index (χ0v) is 20.0. The predicted molar refractivity (Wildman–Crippen MR) is 127 cm³/mol. The lowest BCUT2D eigenvalue weighted by Crippen LogP contribution is -2.40. The number of nitrogens with one attached hydrogen (secondary N) is 1. The van der Waals surface area contributed by atoms with Crippen LogP contribution in [0.4, 0.5) is 19.0 Å². The first-order valence-corrected chi connectivity index (χ1v) is 11.2. The number of hydrogen-bond acceptors (Lipinski definition) is 4. The van der Waals surface area contributed by atoms with E-state index in [1.54, 1.807) is 4.90 Å².